The first-order valence-electron chi connectivity index (χ1n) is 7.84. The van der Waals surface area contributed by atoms with Crippen LogP contribution in [0.1, 0.15) is 45.7 Å². The van der Waals surface area contributed by atoms with E-state index in [-0.39, 0.29) is 18.2 Å². The molecule has 4 nitrogen and oxygen atoms in total. The molecule has 2 atom stereocenters. The van der Waals surface area contributed by atoms with Crippen molar-refractivity contribution in [2.24, 2.45) is 0 Å². The van der Waals surface area contributed by atoms with Crippen molar-refractivity contribution >= 4 is 29.3 Å². The van der Waals surface area contributed by atoms with E-state index in [1.54, 1.807) is 11.0 Å². The Kier molecular flexibility index (Phi) is 5.82. The average molecular weight is 359 g/mol. The third-order valence-corrected chi connectivity index (χ3v) is 4.32. The van der Waals surface area contributed by atoms with Crippen LogP contribution < -0.4 is 5.32 Å². The molecule has 0 aromatic heterocycles. The zero-order valence-corrected chi connectivity index (χ0v) is 15.5. The van der Waals surface area contributed by atoms with Crippen LogP contribution in [-0.4, -0.2) is 35.7 Å². The molecule has 6 heteroatoms. The van der Waals surface area contributed by atoms with E-state index in [1.165, 1.54) is 0 Å². The molecule has 2 unspecified atom stereocenters. The Morgan fingerprint density at radius 1 is 1.39 bits per heavy atom. The first-order valence-corrected chi connectivity index (χ1v) is 8.60. The standard InChI is InChI=1S/C17H24Cl2N2O2/c1-11(14-6-5-12(18)9-15(14)19)20-13-7-8-21(10-13)16(22)23-17(2,3)4/h5-6,9,11,13,20H,7-8,10H2,1-4H3. The summed E-state index contributed by atoms with van der Waals surface area (Å²) in [6.45, 7) is 9.04. The van der Waals surface area contributed by atoms with Crippen LogP contribution in [-0.2, 0) is 4.74 Å². The molecule has 1 aliphatic rings. The normalized spacial score (nSPS) is 19.7. The second-order valence-electron chi connectivity index (χ2n) is 6.97. The first-order chi connectivity index (χ1) is 10.7. The molecule has 1 fully saturated rings. The van der Waals surface area contributed by atoms with Crippen molar-refractivity contribution in [2.75, 3.05) is 13.1 Å². The van der Waals surface area contributed by atoms with Gasteiger partial charge < -0.3 is 15.0 Å². The highest BCUT2D eigenvalue weighted by Gasteiger charge is 2.30. The van der Waals surface area contributed by atoms with Crippen LogP contribution in [0.25, 0.3) is 0 Å². The fourth-order valence-electron chi connectivity index (χ4n) is 2.68. The van der Waals surface area contributed by atoms with Crippen LogP contribution >= 0.6 is 23.2 Å². The molecule has 0 aliphatic carbocycles. The van der Waals surface area contributed by atoms with E-state index >= 15 is 0 Å². The maximum absolute atomic E-state index is 12.1. The number of carbonyl (C=O) groups excluding carboxylic acids is 1. The van der Waals surface area contributed by atoms with E-state index in [9.17, 15) is 4.79 Å². The van der Waals surface area contributed by atoms with Gasteiger partial charge in [-0.15, -0.1) is 0 Å². The van der Waals surface area contributed by atoms with Crippen molar-refractivity contribution in [3.8, 4) is 0 Å². The predicted octanol–water partition coefficient (Wildman–Crippen LogP) is 4.65. The van der Waals surface area contributed by atoms with Crippen molar-refractivity contribution in [1.29, 1.82) is 0 Å². The molecular formula is C17H24Cl2N2O2. The van der Waals surface area contributed by atoms with Crippen LogP contribution in [0.15, 0.2) is 18.2 Å². The number of halogens is 2. The number of hydrogen-bond donors (Lipinski definition) is 1. The maximum Gasteiger partial charge on any atom is 0.410 e. The summed E-state index contributed by atoms with van der Waals surface area (Å²) in [5, 5.41) is 4.81. The fourth-order valence-corrected chi connectivity index (χ4v) is 3.26. The molecule has 1 aromatic carbocycles. The van der Waals surface area contributed by atoms with Crippen LogP contribution in [0, 0.1) is 0 Å². The number of hydrogen-bond acceptors (Lipinski definition) is 3. The van der Waals surface area contributed by atoms with E-state index in [0.29, 0.717) is 23.1 Å². The number of carbonyl (C=O) groups is 1. The summed E-state index contributed by atoms with van der Waals surface area (Å²) in [5.74, 6) is 0. The van der Waals surface area contributed by atoms with Gasteiger partial charge in [-0.25, -0.2) is 4.79 Å². The lowest BCUT2D eigenvalue weighted by molar-refractivity contribution is 0.0290. The Balaban J connectivity index is 1.91. The number of ether oxygens (including phenoxy) is 1. The number of nitrogens with one attached hydrogen (secondary N) is 1. The largest absolute Gasteiger partial charge is 0.444 e. The Hall–Kier alpha value is -0.970. The minimum atomic E-state index is -0.466. The first kappa shape index (κ1) is 18.4. The van der Waals surface area contributed by atoms with Gasteiger partial charge in [-0.1, -0.05) is 29.3 Å². The highest BCUT2D eigenvalue weighted by Crippen LogP contribution is 2.27. The molecule has 1 aromatic rings. The van der Waals surface area contributed by atoms with Gasteiger partial charge in [0.1, 0.15) is 5.60 Å². The number of likely N-dealkylation sites (tertiary alicyclic amines) is 1. The molecular weight excluding hydrogens is 335 g/mol. The number of amides is 1. The topological polar surface area (TPSA) is 41.6 Å². The maximum atomic E-state index is 12.1. The van der Waals surface area contributed by atoms with E-state index in [1.807, 2.05) is 32.9 Å². The minimum absolute atomic E-state index is 0.0864. The molecule has 0 saturated carbocycles. The highest BCUT2D eigenvalue weighted by atomic mass is 35.5. The zero-order valence-electron chi connectivity index (χ0n) is 14.0. The van der Waals surface area contributed by atoms with Crippen LogP contribution in [0.4, 0.5) is 4.79 Å². The monoisotopic (exact) mass is 358 g/mol. The number of nitrogens with zero attached hydrogens (tertiary/aromatic N) is 1. The van der Waals surface area contributed by atoms with Crippen molar-refractivity contribution in [3.63, 3.8) is 0 Å². The lowest BCUT2D eigenvalue weighted by Crippen LogP contribution is -2.39. The number of rotatable bonds is 3. The Bertz CT molecular complexity index is 572. The second kappa shape index (κ2) is 7.29. The molecule has 128 valence electrons. The van der Waals surface area contributed by atoms with Crippen molar-refractivity contribution in [2.45, 2.75) is 51.8 Å². The smallest absolute Gasteiger partial charge is 0.410 e. The zero-order chi connectivity index (χ0) is 17.2. The van der Waals surface area contributed by atoms with Gasteiger partial charge in [0, 0.05) is 35.2 Å². The average Bonchev–Trinajstić information content (AvgIpc) is 2.85. The van der Waals surface area contributed by atoms with Crippen LogP contribution in [0.2, 0.25) is 10.0 Å². The Morgan fingerprint density at radius 3 is 2.70 bits per heavy atom. The summed E-state index contributed by atoms with van der Waals surface area (Å²) >= 11 is 12.2. The molecule has 2 rings (SSSR count). The van der Waals surface area contributed by atoms with E-state index in [4.69, 9.17) is 27.9 Å². The molecule has 23 heavy (non-hydrogen) atoms. The van der Waals surface area contributed by atoms with Gasteiger partial charge in [0.2, 0.25) is 0 Å². The lowest BCUT2D eigenvalue weighted by Gasteiger charge is -2.25. The quantitative estimate of drug-likeness (QED) is 0.854. The lowest BCUT2D eigenvalue weighted by atomic mass is 10.1. The van der Waals surface area contributed by atoms with Gasteiger partial charge in [-0.3, -0.25) is 0 Å². The van der Waals surface area contributed by atoms with Crippen molar-refractivity contribution in [3.05, 3.63) is 33.8 Å². The third kappa shape index (κ3) is 5.27. The molecule has 0 spiro atoms. The molecule has 0 radical (unpaired) electrons. The van der Waals surface area contributed by atoms with Crippen LogP contribution in [0.3, 0.4) is 0 Å². The summed E-state index contributed by atoms with van der Waals surface area (Å²) in [7, 11) is 0. The third-order valence-electron chi connectivity index (χ3n) is 3.75. The van der Waals surface area contributed by atoms with Gasteiger partial charge in [-0.2, -0.15) is 0 Å². The second-order valence-corrected chi connectivity index (χ2v) is 7.81. The predicted molar refractivity (Wildman–Crippen MR) is 94.2 cm³/mol. The minimum Gasteiger partial charge on any atom is -0.444 e. The molecule has 1 aliphatic heterocycles. The van der Waals surface area contributed by atoms with Gasteiger partial charge in [-0.05, 0) is 51.8 Å². The summed E-state index contributed by atoms with van der Waals surface area (Å²) in [6.07, 6.45) is 0.647. The Labute approximate surface area is 148 Å². The van der Waals surface area contributed by atoms with Crippen molar-refractivity contribution < 1.29 is 9.53 Å². The fraction of sp³-hybridized carbons (Fsp3) is 0.588. The van der Waals surface area contributed by atoms with Gasteiger partial charge in [0.25, 0.3) is 0 Å². The number of benzene rings is 1. The van der Waals surface area contributed by atoms with E-state index in [0.717, 1.165) is 12.0 Å². The molecule has 1 amide bonds. The summed E-state index contributed by atoms with van der Waals surface area (Å²) in [6, 6.07) is 5.83. The molecule has 0 bridgehead atoms. The molecule has 1 heterocycles. The van der Waals surface area contributed by atoms with E-state index < -0.39 is 5.60 Å². The van der Waals surface area contributed by atoms with Crippen LogP contribution in [0.5, 0.6) is 0 Å². The Morgan fingerprint density at radius 2 is 2.09 bits per heavy atom. The summed E-state index contributed by atoms with van der Waals surface area (Å²) in [5.41, 5.74) is 0.541. The van der Waals surface area contributed by atoms with Gasteiger partial charge in [0.15, 0.2) is 0 Å². The summed E-state index contributed by atoms with van der Waals surface area (Å²) < 4.78 is 5.42. The summed E-state index contributed by atoms with van der Waals surface area (Å²) in [4.78, 5) is 13.8. The van der Waals surface area contributed by atoms with Gasteiger partial charge in [0.05, 0.1) is 0 Å². The SMILES string of the molecule is CC(NC1CCN(C(=O)OC(C)(C)C)C1)c1ccc(Cl)cc1Cl. The molecule has 1 N–H and O–H groups in total. The van der Waals surface area contributed by atoms with Crippen molar-refractivity contribution in [1.82, 2.24) is 10.2 Å². The molecule has 1 saturated heterocycles. The van der Waals surface area contributed by atoms with E-state index in [2.05, 4.69) is 12.2 Å². The van der Waals surface area contributed by atoms with Gasteiger partial charge >= 0.3 is 6.09 Å². The highest BCUT2D eigenvalue weighted by molar-refractivity contribution is 6.35.